The van der Waals surface area contributed by atoms with Crippen LogP contribution in [0.3, 0.4) is 0 Å². The zero-order chi connectivity index (χ0) is 20.1. The van der Waals surface area contributed by atoms with E-state index < -0.39 is 6.04 Å². The number of likely N-dealkylation sites (tertiary alicyclic amines) is 1. The molecule has 5 atom stereocenters. The van der Waals surface area contributed by atoms with Crippen LogP contribution in [0, 0.1) is 30.6 Å². The lowest BCUT2D eigenvalue weighted by Crippen LogP contribution is -2.38. The highest BCUT2D eigenvalue weighted by molar-refractivity contribution is 6.07. The Hall–Kier alpha value is -3.15. The van der Waals surface area contributed by atoms with Gasteiger partial charge in [0.25, 0.3) is 0 Å². The molecular formula is C23H22N2O4. The second kappa shape index (κ2) is 6.72. The third-order valence-corrected chi connectivity index (χ3v) is 6.34. The predicted octanol–water partition coefficient (Wildman–Crippen LogP) is 3.47. The maximum Gasteiger partial charge on any atom is 0.234 e. The molecule has 0 spiro atoms. The quantitative estimate of drug-likeness (QED) is 0.626. The topological polar surface area (TPSA) is 79.6 Å². The number of fused-ring (bicyclic) bond motifs is 5. The van der Waals surface area contributed by atoms with Crippen LogP contribution < -0.4 is 5.32 Å². The number of imide groups is 1. The zero-order valence-corrected chi connectivity index (χ0v) is 16.1. The number of anilines is 1. The van der Waals surface area contributed by atoms with E-state index in [1.807, 2.05) is 18.2 Å². The summed E-state index contributed by atoms with van der Waals surface area (Å²) in [6.07, 6.45) is 4.96. The van der Waals surface area contributed by atoms with Gasteiger partial charge in [-0.2, -0.15) is 0 Å². The highest BCUT2D eigenvalue weighted by Gasteiger charge is 2.60. The molecule has 3 amide bonds. The Balaban J connectivity index is 1.43. The molecule has 1 aromatic heterocycles. The van der Waals surface area contributed by atoms with Gasteiger partial charge in [-0.15, -0.1) is 0 Å². The molecule has 1 saturated carbocycles. The molecule has 0 radical (unpaired) electrons. The molecule has 2 bridgehead atoms. The van der Waals surface area contributed by atoms with Crippen LogP contribution in [0.25, 0.3) is 0 Å². The maximum absolute atomic E-state index is 13.2. The van der Waals surface area contributed by atoms with Crippen LogP contribution in [0.1, 0.15) is 30.4 Å². The molecule has 2 fully saturated rings. The summed E-state index contributed by atoms with van der Waals surface area (Å²) in [4.78, 5) is 40.5. The summed E-state index contributed by atoms with van der Waals surface area (Å²) in [6, 6.07) is 11.9. The van der Waals surface area contributed by atoms with Gasteiger partial charge in [0.15, 0.2) is 0 Å². The van der Waals surface area contributed by atoms with Crippen molar-refractivity contribution >= 4 is 23.4 Å². The first-order chi connectivity index (χ1) is 14.0. The van der Waals surface area contributed by atoms with Crippen LogP contribution in [0.4, 0.5) is 5.69 Å². The van der Waals surface area contributed by atoms with Gasteiger partial charge in [0, 0.05) is 5.69 Å². The average molecular weight is 390 g/mol. The molecule has 2 aliphatic carbocycles. The van der Waals surface area contributed by atoms with E-state index in [0.29, 0.717) is 17.2 Å². The lowest BCUT2D eigenvalue weighted by atomic mass is 9.85. The largest absolute Gasteiger partial charge is 0.464 e. The molecule has 6 nitrogen and oxygen atoms in total. The fraction of sp³-hybridized carbons (Fsp3) is 0.348. The molecule has 29 heavy (non-hydrogen) atoms. The number of aryl methyl sites for hydroxylation is 1. The summed E-state index contributed by atoms with van der Waals surface area (Å²) in [6.45, 7) is 1.80. The summed E-state index contributed by atoms with van der Waals surface area (Å²) in [5, 5.41) is 2.84. The summed E-state index contributed by atoms with van der Waals surface area (Å²) < 4.78 is 5.76. The molecule has 5 unspecified atom stereocenters. The van der Waals surface area contributed by atoms with Gasteiger partial charge in [-0.25, -0.2) is 0 Å². The third kappa shape index (κ3) is 2.90. The van der Waals surface area contributed by atoms with Crippen molar-refractivity contribution < 1.29 is 18.8 Å². The van der Waals surface area contributed by atoms with E-state index in [0.717, 1.165) is 6.42 Å². The Bertz CT molecular complexity index is 979. The molecule has 1 saturated heterocycles. The second-order valence-electron chi connectivity index (χ2n) is 8.13. The minimum Gasteiger partial charge on any atom is -0.464 e. The Kier molecular flexibility index (Phi) is 4.15. The molecule has 2 heterocycles. The number of para-hydroxylation sites is 1. The number of benzene rings is 1. The van der Waals surface area contributed by atoms with Crippen LogP contribution in [-0.2, 0) is 14.4 Å². The Morgan fingerprint density at radius 2 is 1.72 bits per heavy atom. The Morgan fingerprint density at radius 3 is 2.31 bits per heavy atom. The highest BCUT2D eigenvalue weighted by Crippen LogP contribution is 2.54. The number of carbonyl (C=O) groups is 3. The van der Waals surface area contributed by atoms with E-state index in [2.05, 4.69) is 17.5 Å². The number of hydrogen-bond donors (Lipinski definition) is 1. The summed E-state index contributed by atoms with van der Waals surface area (Å²) in [5.74, 6) is 0.177. The first-order valence-corrected chi connectivity index (χ1v) is 9.99. The average Bonchev–Trinajstić information content (AvgIpc) is 3.46. The van der Waals surface area contributed by atoms with Crippen molar-refractivity contribution in [3.63, 3.8) is 0 Å². The molecule has 1 N–H and O–H groups in total. The van der Waals surface area contributed by atoms with E-state index in [9.17, 15) is 14.4 Å². The first kappa shape index (κ1) is 17.9. The Morgan fingerprint density at radius 1 is 1.07 bits per heavy atom. The van der Waals surface area contributed by atoms with E-state index >= 15 is 0 Å². The second-order valence-corrected chi connectivity index (χ2v) is 8.13. The van der Waals surface area contributed by atoms with Crippen LogP contribution in [-0.4, -0.2) is 22.6 Å². The monoisotopic (exact) mass is 390 g/mol. The highest BCUT2D eigenvalue weighted by atomic mass is 16.3. The third-order valence-electron chi connectivity index (χ3n) is 6.34. The van der Waals surface area contributed by atoms with E-state index in [-0.39, 0.29) is 47.8 Å². The fourth-order valence-electron chi connectivity index (χ4n) is 5.09. The number of carbonyl (C=O) groups excluding carboxylic acids is 3. The van der Waals surface area contributed by atoms with Crippen LogP contribution in [0.15, 0.2) is 59.0 Å². The Labute approximate surface area is 168 Å². The number of nitrogens with zero attached hydrogens (tertiary/aromatic N) is 1. The summed E-state index contributed by atoms with van der Waals surface area (Å²) >= 11 is 0. The molecule has 148 valence electrons. The summed E-state index contributed by atoms with van der Waals surface area (Å²) in [5.41, 5.74) is 0.671. The number of allylic oxidation sites excluding steroid dienone is 2. The number of rotatable bonds is 5. The van der Waals surface area contributed by atoms with Crippen molar-refractivity contribution in [1.29, 1.82) is 0 Å². The predicted molar refractivity (Wildman–Crippen MR) is 105 cm³/mol. The van der Waals surface area contributed by atoms with Gasteiger partial charge < -0.3 is 9.73 Å². The van der Waals surface area contributed by atoms with Gasteiger partial charge in [0.1, 0.15) is 17.6 Å². The van der Waals surface area contributed by atoms with Gasteiger partial charge in [-0.3, -0.25) is 19.3 Å². The number of nitrogens with one attached hydrogen (secondary N) is 1. The van der Waals surface area contributed by atoms with Crippen molar-refractivity contribution in [2.45, 2.75) is 25.8 Å². The fourth-order valence-corrected chi connectivity index (χ4v) is 5.09. The zero-order valence-electron chi connectivity index (χ0n) is 16.1. The normalized spacial score (nSPS) is 28.1. The van der Waals surface area contributed by atoms with Crippen molar-refractivity contribution in [3.05, 3.63) is 66.1 Å². The minimum absolute atomic E-state index is 0.0401. The van der Waals surface area contributed by atoms with Gasteiger partial charge in [-0.05, 0) is 49.4 Å². The van der Waals surface area contributed by atoms with Crippen LogP contribution >= 0.6 is 0 Å². The first-order valence-electron chi connectivity index (χ1n) is 9.99. The molecule has 1 aliphatic heterocycles. The maximum atomic E-state index is 13.2. The molecule has 6 heteroatoms. The van der Waals surface area contributed by atoms with E-state index in [4.69, 9.17) is 4.42 Å². The van der Waals surface area contributed by atoms with Crippen LogP contribution in [0.5, 0.6) is 0 Å². The smallest absolute Gasteiger partial charge is 0.234 e. The van der Waals surface area contributed by atoms with E-state index in [1.165, 1.54) is 4.90 Å². The minimum atomic E-state index is -0.739. The van der Waals surface area contributed by atoms with Gasteiger partial charge in [0.2, 0.25) is 17.7 Å². The molecular weight excluding hydrogens is 368 g/mol. The van der Waals surface area contributed by atoms with E-state index in [1.54, 1.807) is 31.2 Å². The molecule has 5 rings (SSSR count). The SMILES string of the molecule is Cc1ccc(C(CC(=O)Nc2ccccc2)N2C(=O)C3C4C=CC(C4)C3C2=O)o1. The van der Waals surface area contributed by atoms with Crippen molar-refractivity contribution in [2.75, 3.05) is 5.32 Å². The van der Waals surface area contributed by atoms with Crippen LogP contribution in [0.2, 0.25) is 0 Å². The van der Waals surface area contributed by atoms with Crippen molar-refractivity contribution in [3.8, 4) is 0 Å². The molecule has 1 aromatic carbocycles. The van der Waals surface area contributed by atoms with Crippen molar-refractivity contribution in [2.24, 2.45) is 23.7 Å². The van der Waals surface area contributed by atoms with Crippen molar-refractivity contribution in [1.82, 2.24) is 4.90 Å². The lowest BCUT2D eigenvalue weighted by molar-refractivity contribution is -0.144. The lowest BCUT2D eigenvalue weighted by Gasteiger charge is -2.26. The number of furan rings is 1. The standard InChI is InChI=1S/C23H22N2O4/c1-13-7-10-18(29-13)17(12-19(26)24-16-5-3-2-4-6-16)25-22(27)20-14-8-9-15(11-14)21(20)23(25)28/h2-10,14-15,17,20-21H,11-12H2,1H3,(H,24,26). The molecule has 3 aliphatic rings. The van der Waals surface area contributed by atoms with Gasteiger partial charge in [-0.1, -0.05) is 30.4 Å². The number of hydrogen-bond acceptors (Lipinski definition) is 4. The van der Waals surface area contributed by atoms with Gasteiger partial charge in [0.05, 0.1) is 18.3 Å². The number of amides is 3. The van der Waals surface area contributed by atoms with Gasteiger partial charge >= 0.3 is 0 Å². The molecule has 2 aromatic rings. The summed E-state index contributed by atoms with van der Waals surface area (Å²) in [7, 11) is 0.